The first-order valence-electron chi connectivity index (χ1n) is 4.54. The van der Waals surface area contributed by atoms with Gasteiger partial charge in [-0.15, -0.1) is 20.4 Å². The highest BCUT2D eigenvalue weighted by Crippen LogP contribution is 2.19. The molecule has 7 heteroatoms. The molecule has 0 saturated heterocycles. The number of nitrogens with zero attached hydrogens (tertiary/aromatic N) is 5. The van der Waals surface area contributed by atoms with Crippen molar-refractivity contribution in [3.05, 3.63) is 24.3 Å². The summed E-state index contributed by atoms with van der Waals surface area (Å²) < 4.78 is 0. The molecule has 0 aliphatic rings. The summed E-state index contributed by atoms with van der Waals surface area (Å²) in [6, 6.07) is 7.06. The Bertz CT molecular complexity index is 670. The van der Waals surface area contributed by atoms with Gasteiger partial charge in [0.2, 0.25) is 0 Å². The number of anilines is 1. The minimum absolute atomic E-state index is 0.261. The Labute approximate surface area is 89.1 Å². The van der Waals surface area contributed by atoms with E-state index in [1.54, 1.807) is 12.1 Å². The molecular formula is C9H6N6O. The Hall–Kier alpha value is -2.41. The number of fused-ring (bicyclic) bond motifs is 3. The Morgan fingerprint density at radius 3 is 2.62 bits per heavy atom. The van der Waals surface area contributed by atoms with E-state index >= 15 is 0 Å². The van der Waals surface area contributed by atoms with Crippen molar-refractivity contribution in [1.29, 1.82) is 0 Å². The van der Waals surface area contributed by atoms with E-state index in [-0.39, 0.29) is 5.82 Å². The minimum Gasteiger partial charge on any atom is -0.290 e. The third-order valence-electron chi connectivity index (χ3n) is 2.25. The maximum atomic E-state index is 8.74. The molecule has 0 bridgehead atoms. The third kappa shape index (κ3) is 1.22. The smallest absolute Gasteiger partial charge is 0.172 e. The van der Waals surface area contributed by atoms with Crippen molar-refractivity contribution in [3.63, 3.8) is 0 Å². The molecule has 16 heavy (non-hydrogen) atoms. The van der Waals surface area contributed by atoms with Crippen LogP contribution in [0.25, 0.3) is 21.9 Å². The monoisotopic (exact) mass is 214 g/mol. The molecule has 2 heterocycles. The molecule has 7 nitrogen and oxygen atoms in total. The van der Waals surface area contributed by atoms with E-state index in [0.717, 1.165) is 5.39 Å². The summed E-state index contributed by atoms with van der Waals surface area (Å²) in [5.74, 6) is 0.261. The van der Waals surface area contributed by atoms with E-state index in [1.165, 1.54) is 0 Å². The first-order chi connectivity index (χ1) is 7.88. The van der Waals surface area contributed by atoms with E-state index in [4.69, 9.17) is 5.21 Å². The maximum absolute atomic E-state index is 8.74. The quantitative estimate of drug-likeness (QED) is 0.577. The molecule has 3 rings (SSSR count). The van der Waals surface area contributed by atoms with Crippen LogP contribution in [0.1, 0.15) is 0 Å². The molecular weight excluding hydrogens is 208 g/mol. The van der Waals surface area contributed by atoms with Gasteiger partial charge in [-0.3, -0.25) is 10.7 Å². The van der Waals surface area contributed by atoms with E-state index < -0.39 is 0 Å². The second-order valence-electron chi connectivity index (χ2n) is 3.19. The van der Waals surface area contributed by atoms with Gasteiger partial charge in [-0.1, -0.05) is 6.07 Å². The fourth-order valence-corrected chi connectivity index (χ4v) is 1.48. The number of benzene rings is 1. The molecule has 0 aliphatic carbocycles. The molecule has 1 aromatic carbocycles. The second-order valence-corrected chi connectivity index (χ2v) is 3.19. The molecule has 0 saturated carbocycles. The van der Waals surface area contributed by atoms with Crippen LogP contribution in [0, 0.1) is 0 Å². The van der Waals surface area contributed by atoms with E-state index in [9.17, 15) is 0 Å². The first kappa shape index (κ1) is 8.86. The number of rotatable bonds is 1. The van der Waals surface area contributed by atoms with Crippen molar-refractivity contribution < 1.29 is 5.21 Å². The van der Waals surface area contributed by atoms with Gasteiger partial charge in [0.05, 0.1) is 0 Å². The highest BCUT2D eigenvalue weighted by Gasteiger charge is 2.05. The van der Waals surface area contributed by atoms with Gasteiger partial charge in [0.15, 0.2) is 5.82 Å². The largest absolute Gasteiger partial charge is 0.290 e. The highest BCUT2D eigenvalue weighted by atomic mass is 16.5. The van der Waals surface area contributed by atoms with Gasteiger partial charge >= 0.3 is 0 Å². The van der Waals surface area contributed by atoms with E-state index in [1.807, 2.05) is 17.6 Å². The molecule has 0 radical (unpaired) electrons. The topological polar surface area (TPSA) is 96.7 Å². The lowest BCUT2D eigenvalue weighted by Gasteiger charge is -1.89. The summed E-state index contributed by atoms with van der Waals surface area (Å²) in [5.41, 5.74) is 3.81. The number of hydrogen-bond acceptors (Lipinski definition) is 7. The summed E-state index contributed by atoms with van der Waals surface area (Å²) in [5, 5.41) is 28.7. The molecule has 0 amide bonds. The number of hydrogen-bond donors (Lipinski definition) is 2. The summed E-state index contributed by atoms with van der Waals surface area (Å²) in [6.45, 7) is 0. The van der Waals surface area contributed by atoms with Crippen molar-refractivity contribution in [2.75, 3.05) is 5.48 Å². The maximum Gasteiger partial charge on any atom is 0.172 e. The Morgan fingerprint density at radius 2 is 1.75 bits per heavy atom. The van der Waals surface area contributed by atoms with Crippen LogP contribution in [-0.4, -0.2) is 30.8 Å². The molecule has 2 aromatic heterocycles. The van der Waals surface area contributed by atoms with Crippen LogP contribution in [0.5, 0.6) is 0 Å². The molecule has 0 fully saturated rings. The van der Waals surface area contributed by atoms with Gasteiger partial charge in [0.25, 0.3) is 0 Å². The highest BCUT2D eigenvalue weighted by molar-refractivity contribution is 6.00. The minimum atomic E-state index is 0.261. The van der Waals surface area contributed by atoms with Crippen molar-refractivity contribution >= 4 is 27.8 Å². The average molecular weight is 214 g/mol. The zero-order chi connectivity index (χ0) is 11.0. The SMILES string of the molecule is ONc1ccc2ccc3nnnc3c2nn1. The summed E-state index contributed by atoms with van der Waals surface area (Å²) >= 11 is 0. The first-order valence-corrected chi connectivity index (χ1v) is 4.54. The van der Waals surface area contributed by atoms with Gasteiger partial charge < -0.3 is 0 Å². The van der Waals surface area contributed by atoms with Crippen LogP contribution in [-0.2, 0) is 0 Å². The predicted octanol–water partition coefficient (Wildman–Crippen LogP) is 0.769. The number of nitrogens with one attached hydrogen (secondary N) is 1. The molecule has 3 aromatic rings. The molecule has 0 unspecified atom stereocenters. The fraction of sp³-hybridized carbons (Fsp3) is 0. The van der Waals surface area contributed by atoms with Crippen molar-refractivity contribution in [2.45, 2.75) is 0 Å². The van der Waals surface area contributed by atoms with Crippen LogP contribution in [0.3, 0.4) is 0 Å². The Morgan fingerprint density at radius 1 is 0.875 bits per heavy atom. The van der Waals surface area contributed by atoms with Gasteiger partial charge in [-0.25, -0.2) is 0 Å². The zero-order valence-corrected chi connectivity index (χ0v) is 7.99. The molecule has 78 valence electrons. The summed E-state index contributed by atoms with van der Waals surface area (Å²) in [4.78, 5) is 0. The fourth-order valence-electron chi connectivity index (χ4n) is 1.48. The number of aromatic nitrogens is 5. The van der Waals surface area contributed by atoms with Crippen LogP contribution in [0.4, 0.5) is 5.82 Å². The predicted molar refractivity (Wildman–Crippen MR) is 55.8 cm³/mol. The lowest BCUT2D eigenvalue weighted by Crippen LogP contribution is -1.90. The van der Waals surface area contributed by atoms with Gasteiger partial charge in [0.1, 0.15) is 16.6 Å². The van der Waals surface area contributed by atoms with E-state index in [0.29, 0.717) is 16.6 Å². The van der Waals surface area contributed by atoms with Gasteiger partial charge in [-0.05, 0) is 23.4 Å². The molecule has 0 atom stereocenters. The lowest BCUT2D eigenvalue weighted by molar-refractivity contribution is 0.385. The lowest BCUT2D eigenvalue weighted by atomic mass is 10.2. The van der Waals surface area contributed by atoms with Crippen molar-refractivity contribution in [1.82, 2.24) is 25.6 Å². The van der Waals surface area contributed by atoms with Crippen molar-refractivity contribution in [2.24, 2.45) is 0 Å². The normalized spacial score (nSPS) is 10.8. The van der Waals surface area contributed by atoms with Gasteiger partial charge in [-0.2, -0.15) is 0 Å². The average Bonchev–Trinajstić information content (AvgIpc) is 2.69. The summed E-state index contributed by atoms with van der Waals surface area (Å²) in [6.07, 6.45) is 0. The van der Waals surface area contributed by atoms with Crippen LogP contribution < -0.4 is 5.48 Å². The second kappa shape index (κ2) is 3.31. The Balaban J connectivity index is 2.46. The van der Waals surface area contributed by atoms with E-state index in [2.05, 4.69) is 25.6 Å². The summed E-state index contributed by atoms with van der Waals surface area (Å²) in [7, 11) is 0. The molecule has 0 aliphatic heterocycles. The van der Waals surface area contributed by atoms with Crippen LogP contribution in [0.15, 0.2) is 24.3 Å². The van der Waals surface area contributed by atoms with Crippen LogP contribution >= 0.6 is 0 Å². The van der Waals surface area contributed by atoms with Crippen molar-refractivity contribution in [3.8, 4) is 0 Å². The van der Waals surface area contributed by atoms with Crippen LogP contribution in [0.2, 0.25) is 0 Å². The standard InChI is InChI=1S/C9H6N6O/c16-14-7-4-2-5-1-3-6-9(13-15-10-6)8(5)12-11-7/h1-4,16H,(H,11,14). The van der Waals surface area contributed by atoms with Gasteiger partial charge in [0, 0.05) is 5.39 Å². The third-order valence-corrected chi connectivity index (χ3v) is 2.25. The molecule has 2 N–H and O–H groups in total. The zero-order valence-electron chi connectivity index (χ0n) is 7.99. The Kier molecular flexibility index (Phi) is 1.84. The molecule has 0 spiro atoms.